The van der Waals surface area contributed by atoms with Crippen LogP contribution in [0.1, 0.15) is 72.9 Å². The van der Waals surface area contributed by atoms with Gasteiger partial charge in [-0.15, -0.1) is 0 Å². The number of carbonyl (C=O) groups is 1. The van der Waals surface area contributed by atoms with Crippen molar-refractivity contribution in [3.05, 3.63) is 18.1 Å². The van der Waals surface area contributed by atoms with Crippen LogP contribution in [0.2, 0.25) is 0 Å². The van der Waals surface area contributed by atoms with Gasteiger partial charge in [-0.3, -0.25) is 9.97 Å². The highest BCUT2D eigenvalue weighted by Crippen LogP contribution is 2.36. The van der Waals surface area contributed by atoms with Gasteiger partial charge in [-0.1, -0.05) is 0 Å². The number of ether oxygens (including phenoxy) is 1. The highest BCUT2D eigenvalue weighted by Gasteiger charge is 2.52. The molecule has 2 saturated heterocycles. The molecule has 1 aromatic rings. The fourth-order valence-electron chi connectivity index (χ4n) is 3.38. The van der Waals surface area contributed by atoms with Crippen LogP contribution in [0, 0.1) is 0 Å². The number of piperidine rings is 1. The molecule has 0 aliphatic carbocycles. The normalized spacial score (nSPS) is 24.3. The third-order valence-electron chi connectivity index (χ3n) is 5.66. The van der Waals surface area contributed by atoms with Crippen LogP contribution < -0.4 is 5.59 Å². The quantitative estimate of drug-likeness (QED) is 0.725. The Morgan fingerprint density at radius 3 is 2.46 bits per heavy atom. The van der Waals surface area contributed by atoms with Crippen molar-refractivity contribution in [3.63, 3.8) is 0 Å². The molecule has 0 radical (unpaired) electrons. The summed E-state index contributed by atoms with van der Waals surface area (Å²) in [6.07, 6.45) is 5.07. The van der Waals surface area contributed by atoms with Gasteiger partial charge in [0.2, 0.25) is 0 Å². The number of carbonyl (C=O) groups excluding carboxylic acids is 1. The third kappa shape index (κ3) is 4.49. The Morgan fingerprint density at radius 1 is 1.21 bits per heavy atom. The monoisotopic (exact) mass is 389 g/mol. The molecule has 0 spiro atoms. The highest BCUT2D eigenvalue weighted by atomic mass is 16.7. The Labute approximate surface area is 168 Å². The molecule has 1 unspecified atom stereocenters. The highest BCUT2D eigenvalue weighted by molar-refractivity contribution is 6.61. The average molecular weight is 389 g/mol. The Balaban J connectivity index is 1.73. The van der Waals surface area contributed by atoms with Gasteiger partial charge >= 0.3 is 13.2 Å². The van der Waals surface area contributed by atoms with E-state index < -0.39 is 23.9 Å². The number of hydrogen-bond acceptors (Lipinski definition) is 6. The van der Waals surface area contributed by atoms with Gasteiger partial charge in [-0.05, 0) is 61.3 Å². The summed E-state index contributed by atoms with van der Waals surface area (Å²) < 4.78 is 17.7. The predicted octanol–water partition coefficient (Wildman–Crippen LogP) is 2.89. The number of nitrogens with zero attached hydrogens (tertiary/aromatic N) is 3. The average Bonchev–Trinajstić information content (AvgIpc) is 2.81. The van der Waals surface area contributed by atoms with Crippen LogP contribution >= 0.6 is 0 Å². The predicted molar refractivity (Wildman–Crippen MR) is 108 cm³/mol. The maximum absolute atomic E-state index is 12.4. The molecular formula is C20H32BN3O4. The van der Waals surface area contributed by atoms with Gasteiger partial charge in [-0.25, -0.2) is 4.79 Å². The minimum absolute atomic E-state index is 0.121. The van der Waals surface area contributed by atoms with Crippen molar-refractivity contribution in [1.82, 2.24) is 14.9 Å². The number of amides is 1. The molecule has 1 atom stereocenters. The van der Waals surface area contributed by atoms with E-state index in [-0.39, 0.29) is 12.0 Å². The zero-order valence-corrected chi connectivity index (χ0v) is 18.1. The fourth-order valence-corrected chi connectivity index (χ4v) is 3.38. The number of hydrogen-bond donors (Lipinski definition) is 0. The van der Waals surface area contributed by atoms with Crippen LogP contribution in [0.25, 0.3) is 0 Å². The van der Waals surface area contributed by atoms with Gasteiger partial charge in [0.05, 0.1) is 22.5 Å². The van der Waals surface area contributed by atoms with E-state index in [2.05, 4.69) is 4.98 Å². The van der Waals surface area contributed by atoms with Crippen LogP contribution in [-0.4, -0.2) is 58.0 Å². The van der Waals surface area contributed by atoms with Crippen LogP contribution in [0.4, 0.5) is 4.79 Å². The van der Waals surface area contributed by atoms with Crippen molar-refractivity contribution in [2.45, 2.75) is 84.0 Å². The summed E-state index contributed by atoms with van der Waals surface area (Å²) in [4.78, 5) is 23.4. The summed E-state index contributed by atoms with van der Waals surface area (Å²) in [5.41, 5.74) is 0.188. The van der Waals surface area contributed by atoms with Gasteiger partial charge in [0.15, 0.2) is 0 Å². The molecule has 0 saturated carbocycles. The Hall–Kier alpha value is -1.67. The lowest BCUT2D eigenvalue weighted by molar-refractivity contribution is 0.00578. The maximum Gasteiger partial charge on any atom is 0.516 e. The molecule has 7 nitrogen and oxygen atoms in total. The van der Waals surface area contributed by atoms with Crippen molar-refractivity contribution in [2.75, 3.05) is 13.1 Å². The fraction of sp³-hybridized carbons (Fsp3) is 0.750. The Bertz CT molecular complexity index is 716. The van der Waals surface area contributed by atoms with E-state index in [0.29, 0.717) is 18.7 Å². The smallest absolute Gasteiger partial charge is 0.444 e. The molecule has 1 amide bonds. The summed E-state index contributed by atoms with van der Waals surface area (Å²) in [5, 5.41) is 0. The van der Waals surface area contributed by atoms with Gasteiger partial charge < -0.3 is 18.9 Å². The Kier molecular flexibility index (Phi) is 5.49. The molecule has 2 aliphatic heterocycles. The molecule has 2 aliphatic rings. The molecule has 2 fully saturated rings. The number of likely N-dealkylation sites (tertiary alicyclic amines) is 1. The van der Waals surface area contributed by atoms with Crippen molar-refractivity contribution in [1.29, 1.82) is 0 Å². The van der Waals surface area contributed by atoms with Crippen LogP contribution in [0.3, 0.4) is 0 Å². The maximum atomic E-state index is 12.4. The molecule has 3 heterocycles. The van der Waals surface area contributed by atoms with Gasteiger partial charge in [0.25, 0.3) is 0 Å². The first kappa shape index (κ1) is 21.1. The summed E-state index contributed by atoms with van der Waals surface area (Å²) >= 11 is 0. The molecule has 28 heavy (non-hydrogen) atoms. The Morgan fingerprint density at radius 2 is 1.86 bits per heavy atom. The van der Waals surface area contributed by atoms with Crippen molar-refractivity contribution < 1.29 is 18.8 Å². The second-order valence-corrected chi connectivity index (χ2v) is 9.72. The summed E-state index contributed by atoms with van der Waals surface area (Å²) in [6.45, 7) is 15.0. The second kappa shape index (κ2) is 7.30. The standard InChI is InChI=1S/C20H32BN3O4/c1-18(2,3)26-17(25)24-10-8-9-14(13-24)15-11-22-12-16(23-15)21-27-19(4,5)20(6,7)28-21/h11-12,14H,8-10,13H2,1-7H3. The molecule has 154 valence electrons. The van der Waals surface area contributed by atoms with Crippen LogP contribution in [-0.2, 0) is 14.0 Å². The van der Waals surface area contributed by atoms with E-state index in [1.54, 1.807) is 17.3 Å². The first-order chi connectivity index (χ1) is 12.9. The SMILES string of the molecule is CC(C)(C)OC(=O)N1CCCC(c2cncc(B3OC(C)(C)C(C)(C)O3)n2)C1. The van der Waals surface area contributed by atoms with Crippen LogP contribution in [0.15, 0.2) is 12.4 Å². The van der Waals surface area contributed by atoms with E-state index in [9.17, 15) is 4.79 Å². The third-order valence-corrected chi connectivity index (χ3v) is 5.66. The van der Waals surface area contributed by atoms with Crippen molar-refractivity contribution >= 4 is 18.8 Å². The summed E-state index contributed by atoms with van der Waals surface area (Å²) in [5.74, 6) is 0.121. The van der Waals surface area contributed by atoms with Gasteiger partial charge in [0.1, 0.15) is 5.60 Å². The number of rotatable bonds is 2. The molecular weight excluding hydrogens is 357 g/mol. The van der Waals surface area contributed by atoms with E-state index in [0.717, 1.165) is 18.5 Å². The lowest BCUT2D eigenvalue weighted by Crippen LogP contribution is -2.43. The topological polar surface area (TPSA) is 73.8 Å². The largest absolute Gasteiger partial charge is 0.516 e. The lowest BCUT2D eigenvalue weighted by atomic mass is 9.84. The van der Waals surface area contributed by atoms with E-state index in [1.165, 1.54) is 0 Å². The van der Waals surface area contributed by atoms with Gasteiger partial charge in [0, 0.05) is 31.4 Å². The zero-order chi connectivity index (χ0) is 20.7. The van der Waals surface area contributed by atoms with Gasteiger partial charge in [-0.2, -0.15) is 0 Å². The van der Waals surface area contributed by atoms with E-state index in [1.807, 2.05) is 48.5 Å². The second-order valence-electron chi connectivity index (χ2n) is 9.72. The van der Waals surface area contributed by atoms with Crippen molar-refractivity contribution in [3.8, 4) is 0 Å². The van der Waals surface area contributed by atoms with E-state index in [4.69, 9.17) is 19.0 Å². The minimum atomic E-state index is -0.539. The summed E-state index contributed by atoms with van der Waals surface area (Å²) in [6, 6.07) is 0. The molecule has 1 aromatic heterocycles. The molecule has 0 aromatic carbocycles. The van der Waals surface area contributed by atoms with E-state index >= 15 is 0 Å². The number of aromatic nitrogens is 2. The minimum Gasteiger partial charge on any atom is -0.444 e. The van der Waals surface area contributed by atoms with Crippen molar-refractivity contribution in [2.24, 2.45) is 0 Å². The lowest BCUT2D eigenvalue weighted by Gasteiger charge is -2.33. The molecule has 8 heteroatoms. The molecule has 3 rings (SSSR count). The molecule has 0 N–H and O–H groups in total. The first-order valence-electron chi connectivity index (χ1n) is 10.0. The van der Waals surface area contributed by atoms with Crippen LogP contribution in [0.5, 0.6) is 0 Å². The first-order valence-corrected chi connectivity index (χ1v) is 10.0. The molecule has 0 bridgehead atoms. The zero-order valence-electron chi connectivity index (χ0n) is 18.1. The summed E-state index contributed by atoms with van der Waals surface area (Å²) in [7, 11) is -0.539.